The number of methoxy groups -OCH3 is 1. The molecule has 0 bridgehead atoms. The summed E-state index contributed by atoms with van der Waals surface area (Å²) in [5, 5.41) is 0. The number of nitrogens with zero attached hydrogens (tertiary/aromatic N) is 3. The van der Waals surface area contributed by atoms with Gasteiger partial charge in [-0.1, -0.05) is 12.1 Å². The van der Waals surface area contributed by atoms with Gasteiger partial charge in [0.25, 0.3) is 16.1 Å². The number of hydrogen-bond donors (Lipinski definition) is 0. The normalized spacial score (nSPS) is 17.1. The molecule has 0 unspecified atom stereocenters. The van der Waals surface area contributed by atoms with Crippen molar-refractivity contribution in [3.63, 3.8) is 0 Å². The zero-order valence-electron chi connectivity index (χ0n) is 13.7. The molecule has 7 nitrogen and oxygen atoms in total. The van der Waals surface area contributed by atoms with Crippen LogP contribution >= 0.6 is 0 Å². The summed E-state index contributed by atoms with van der Waals surface area (Å²) in [5.74, 6) is 0.395. The molecule has 1 heterocycles. The van der Waals surface area contributed by atoms with E-state index in [1.54, 1.807) is 23.1 Å². The predicted octanol–water partition coefficient (Wildman–Crippen LogP) is 0.650. The number of carbonyl (C=O) groups is 1. The van der Waals surface area contributed by atoms with E-state index in [9.17, 15) is 13.2 Å². The topological polar surface area (TPSA) is 70.2 Å². The lowest BCUT2D eigenvalue weighted by Gasteiger charge is -2.24. The number of ether oxygens (including phenoxy) is 1. The first-order valence-corrected chi connectivity index (χ1v) is 8.87. The molecule has 1 aromatic rings. The number of hydrogen-bond acceptors (Lipinski definition) is 4. The van der Waals surface area contributed by atoms with Crippen molar-refractivity contribution < 1.29 is 17.9 Å². The monoisotopic (exact) mass is 341 g/mol. The molecule has 1 amide bonds. The summed E-state index contributed by atoms with van der Waals surface area (Å²) in [6, 6.07) is 7.06. The number of rotatable bonds is 4. The van der Waals surface area contributed by atoms with Crippen molar-refractivity contribution >= 4 is 16.1 Å². The van der Waals surface area contributed by atoms with Crippen LogP contribution in [0, 0.1) is 0 Å². The van der Waals surface area contributed by atoms with E-state index >= 15 is 0 Å². The Labute approximate surface area is 137 Å². The van der Waals surface area contributed by atoms with Gasteiger partial charge in [-0.2, -0.15) is 17.0 Å². The average Bonchev–Trinajstić information content (AvgIpc) is 2.80. The molecule has 1 aliphatic rings. The van der Waals surface area contributed by atoms with Gasteiger partial charge in [0.1, 0.15) is 5.75 Å². The highest BCUT2D eigenvalue weighted by molar-refractivity contribution is 7.86. The Bertz CT molecular complexity index is 660. The van der Waals surface area contributed by atoms with E-state index in [4.69, 9.17) is 4.74 Å². The molecule has 1 aliphatic heterocycles. The third-order valence-electron chi connectivity index (χ3n) is 3.87. The quantitative estimate of drug-likeness (QED) is 0.806. The molecule has 1 fully saturated rings. The predicted molar refractivity (Wildman–Crippen MR) is 87.7 cm³/mol. The molecule has 2 rings (SSSR count). The summed E-state index contributed by atoms with van der Waals surface area (Å²) in [5.41, 5.74) is 0.499. The zero-order valence-corrected chi connectivity index (χ0v) is 14.5. The van der Waals surface area contributed by atoms with Crippen LogP contribution in [0.15, 0.2) is 24.3 Å². The van der Waals surface area contributed by atoms with E-state index in [2.05, 4.69) is 0 Å². The lowest BCUT2D eigenvalue weighted by molar-refractivity contribution is 0.0760. The maximum atomic E-state index is 12.7. The van der Waals surface area contributed by atoms with Gasteiger partial charge in [0, 0.05) is 40.3 Å². The highest BCUT2D eigenvalue weighted by atomic mass is 32.2. The zero-order chi connectivity index (χ0) is 17.0. The fourth-order valence-corrected chi connectivity index (χ4v) is 3.68. The molecule has 1 saturated heterocycles. The maximum Gasteiger partial charge on any atom is 0.281 e. The maximum absolute atomic E-state index is 12.7. The molecule has 0 N–H and O–H groups in total. The summed E-state index contributed by atoms with van der Waals surface area (Å²) >= 11 is 0. The molecule has 0 aromatic heterocycles. The van der Waals surface area contributed by atoms with E-state index in [1.807, 2.05) is 6.07 Å². The Kier molecular flexibility index (Phi) is 5.61. The molecule has 0 spiro atoms. The molecule has 1 aromatic carbocycles. The van der Waals surface area contributed by atoms with Crippen molar-refractivity contribution in [1.82, 2.24) is 13.5 Å². The van der Waals surface area contributed by atoms with Crippen molar-refractivity contribution in [2.75, 3.05) is 47.4 Å². The van der Waals surface area contributed by atoms with Gasteiger partial charge in [-0.15, -0.1) is 0 Å². The Hall–Kier alpha value is -1.64. The lowest BCUT2D eigenvalue weighted by atomic mass is 10.1. The van der Waals surface area contributed by atoms with Crippen LogP contribution in [0.3, 0.4) is 0 Å². The minimum Gasteiger partial charge on any atom is -0.496 e. The van der Waals surface area contributed by atoms with Crippen molar-refractivity contribution in [2.24, 2.45) is 0 Å². The second kappa shape index (κ2) is 7.29. The van der Waals surface area contributed by atoms with Crippen LogP contribution in [0.4, 0.5) is 0 Å². The fourth-order valence-electron chi connectivity index (χ4n) is 2.55. The third kappa shape index (κ3) is 3.82. The molecule has 0 saturated carbocycles. The second-order valence-corrected chi connectivity index (χ2v) is 7.68. The highest BCUT2D eigenvalue weighted by Crippen LogP contribution is 2.20. The van der Waals surface area contributed by atoms with Gasteiger partial charge >= 0.3 is 0 Å². The number of benzene rings is 1. The van der Waals surface area contributed by atoms with E-state index in [-0.39, 0.29) is 5.91 Å². The highest BCUT2D eigenvalue weighted by Gasteiger charge is 2.29. The van der Waals surface area contributed by atoms with Crippen LogP contribution in [0.5, 0.6) is 5.75 Å². The Morgan fingerprint density at radius 2 is 1.83 bits per heavy atom. The van der Waals surface area contributed by atoms with Crippen LogP contribution < -0.4 is 4.74 Å². The van der Waals surface area contributed by atoms with Gasteiger partial charge in [-0.3, -0.25) is 4.79 Å². The molecule has 0 aliphatic carbocycles. The summed E-state index contributed by atoms with van der Waals surface area (Å²) in [6.07, 6.45) is 0.605. The molecular weight excluding hydrogens is 318 g/mol. The molecule has 128 valence electrons. The Balaban J connectivity index is 2.13. The lowest BCUT2D eigenvalue weighted by Crippen LogP contribution is -2.42. The average molecular weight is 341 g/mol. The van der Waals surface area contributed by atoms with E-state index in [0.717, 1.165) is 0 Å². The fraction of sp³-hybridized carbons (Fsp3) is 0.533. The van der Waals surface area contributed by atoms with Gasteiger partial charge < -0.3 is 9.64 Å². The van der Waals surface area contributed by atoms with Crippen LogP contribution in [-0.2, 0) is 10.2 Å². The van der Waals surface area contributed by atoms with Crippen LogP contribution in [-0.4, -0.2) is 75.2 Å². The summed E-state index contributed by atoms with van der Waals surface area (Å²) in [6.45, 7) is 1.60. The van der Waals surface area contributed by atoms with Crippen molar-refractivity contribution in [3.8, 4) is 5.75 Å². The smallest absolute Gasteiger partial charge is 0.281 e. The molecule has 23 heavy (non-hydrogen) atoms. The largest absolute Gasteiger partial charge is 0.496 e. The van der Waals surface area contributed by atoms with Crippen molar-refractivity contribution in [1.29, 1.82) is 0 Å². The summed E-state index contributed by atoms with van der Waals surface area (Å²) in [4.78, 5) is 14.4. The third-order valence-corrected chi connectivity index (χ3v) is 5.81. The van der Waals surface area contributed by atoms with E-state index in [0.29, 0.717) is 43.9 Å². The van der Waals surface area contributed by atoms with Gasteiger partial charge in [-0.05, 0) is 18.6 Å². The molecule has 0 atom stereocenters. The first kappa shape index (κ1) is 17.7. The van der Waals surface area contributed by atoms with Gasteiger partial charge in [-0.25, -0.2) is 0 Å². The van der Waals surface area contributed by atoms with Crippen molar-refractivity contribution in [3.05, 3.63) is 29.8 Å². The first-order valence-electron chi connectivity index (χ1n) is 7.48. The van der Waals surface area contributed by atoms with Gasteiger partial charge in [0.05, 0.1) is 12.7 Å². The van der Waals surface area contributed by atoms with Crippen LogP contribution in [0.25, 0.3) is 0 Å². The number of para-hydroxylation sites is 1. The summed E-state index contributed by atoms with van der Waals surface area (Å²) < 4.78 is 32.3. The SMILES string of the molecule is COc1ccccc1C(=O)N1CCCN(S(=O)(=O)N(C)C)CC1. The summed E-state index contributed by atoms with van der Waals surface area (Å²) in [7, 11) is 1.11. The van der Waals surface area contributed by atoms with Crippen LogP contribution in [0.2, 0.25) is 0 Å². The van der Waals surface area contributed by atoms with E-state index in [1.165, 1.54) is 29.8 Å². The van der Waals surface area contributed by atoms with Gasteiger partial charge in [0.2, 0.25) is 0 Å². The standard InChI is InChI=1S/C15H23N3O4S/c1-16(2)23(20,21)18-10-6-9-17(11-12-18)15(19)13-7-4-5-8-14(13)22-3/h4-5,7-8H,6,9-12H2,1-3H3. The molecule has 8 heteroatoms. The molecular formula is C15H23N3O4S. The minimum absolute atomic E-state index is 0.133. The minimum atomic E-state index is -3.45. The van der Waals surface area contributed by atoms with Crippen molar-refractivity contribution in [2.45, 2.75) is 6.42 Å². The second-order valence-electron chi connectivity index (χ2n) is 5.54. The Morgan fingerprint density at radius 3 is 2.48 bits per heavy atom. The van der Waals surface area contributed by atoms with Gasteiger partial charge in [0.15, 0.2) is 0 Å². The molecule has 0 radical (unpaired) electrons. The van der Waals surface area contributed by atoms with E-state index < -0.39 is 10.2 Å². The number of amides is 1. The Morgan fingerprint density at radius 1 is 1.13 bits per heavy atom. The van der Waals surface area contributed by atoms with Crippen LogP contribution in [0.1, 0.15) is 16.8 Å². The first-order chi connectivity index (χ1) is 10.9. The number of carbonyl (C=O) groups excluding carboxylic acids is 1.